The molecular weight excluding hydrogens is 367 g/mol. The van der Waals surface area contributed by atoms with Crippen LogP contribution >= 0.6 is 0 Å². The maximum Gasteiger partial charge on any atom is 0.422 e. The molecule has 0 saturated carbocycles. The molecule has 0 saturated heterocycles. The standard InChI is InChI=1S/C15H14F3N7O2/c16-15(17,18)8-27-14-23-12(19-7-9-1-3-10(26)4-2-9)22-13(24-14)21-11-5-6-20-25-11/h1-6,26H,7-8H2,(H3,19,20,21,22,23,24,25). The number of phenolic OH excluding ortho intramolecular Hbond substituents is 1. The second-order valence-corrected chi connectivity index (χ2v) is 5.28. The molecule has 2 heterocycles. The number of aromatic nitrogens is 5. The number of rotatable bonds is 7. The molecular formula is C15H14F3N7O2. The van der Waals surface area contributed by atoms with Crippen molar-refractivity contribution in [1.82, 2.24) is 25.1 Å². The Balaban J connectivity index is 1.76. The van der Waals surface area contributed by atoms with Crippen LogP contribution < -0.4 is 15.4 Å². The van der Waals surface area contributed by atoms with Gasteiger partial charge in [-0.05, 0) is 17.7 Å². The molecule has 0 radical (unpaired) electrons. The summed E-state index contributed by atoms with van der Waals surface area (Å²) in [6, 6.07) is 7.46. The average molecular weight is 381 g/mol. The minimum Gasteiger partial charge on any atom is -0.508 e. The van der Waals surface area contributed by atoms with Gasteiger partial charge in [0.1, 0.15) is 11.6 Å². The zero-order valence-corrected chi connectivity index (χ0v) is 13.7. The van der Waals surface area contributed by atoms with E-state index in [1.165, 1.54) is 18.3 Å². The highest BCUT2D eigenvalue weighted by Gasteiger charge is 2.29. The quantitative estimate of drug-likeness (QED) is 0.493. The minimum absolute atomic E-state index is 0.0114. The molecule has 3 aromatic rings. The van der Waals surface area contributed by atoms with Gasteiger partial charge in [-0.25, -0.2) is 0 Å². The van der Waals surface area contributed by atoms with Crippen molar-refractivity contribution in [3.8, 4) is 11.8 Å². The van der Waals surface area contributed by atoms with Gasteiger partial charge in [-0.2, -0.15) is 33.2 Å². The number of halogens is 3. The summed E-state index contributed by atoms with van der Waals surface area (Å²) in [5.41, 5.74) is 0.800. The van der Waals surface area contributed by atoms with E-state index in [-0.39, 0.29) is 24.2 Å². The van der Waals surface area contributed by atoms with Crippen molar-refractivity contribution in [3.63, 3.8) is 0 Å². The number of phenols is 1. The molecule has 1 aromatic carbocycles. The molecule has 9 nitrogen and oxygen atoms in total. The Morgan fingerprint density at radius 3 is 2.44 bits per heavy atom. The SMILES string of the molecule is Oc1ccc(CNc2nc(Nc3ccn[nH]3)nc(OCC(F)(F)F)n2)cc1. The lowest BCUT2D eigenvalue weighted by atomic mass is 10.2. The number of aromatic hydroxyl groups is 1. The predicted octanol–water partition coefficient (Wildman–Crippen LogP) is 2.60. The van der Waals surface area contributed by atoms with Crippen LogP contribution in [0.4, 0.5) is 30.9 Å². The molecule has 0 aliphatic heterocycles. The van der Waals surface area contributed by atoms with E-state index in [4.69, 9.17) is 0 Å². The first-order chi connectivity index (χ1) is 12.9. The molecule has 0 bridgehead atoms. The van der Waals surface area contributed by atoms with Gasteiger partial charge in [-0.3, -0.25) is 5.10 Å². The molecule has 4 N–H and O–H groups in total. The van der Waals surface area contributed by atoms with Gasteiger partial charge in [0.2, 0.25) is 11.9 Å². The molecule has 0 amide bonds. The zero-order valence-electron chi connectivity index (χ0n) is 13.7. The number of aromatic amines is 1. The van der Waals surface area contributed by atoms with Crippen molar-refractivity contribution in [2.24, 2.45) is 0 Å². The van der Waals surface area contributed by atoms with Gasteiger partial charge in [0.15, 0.2) is 6.61 Å². The summed E-state index contributed by atoms with van der Waals surface area (Å²) in [4.78, 5) is 11.7. The predicted molar refractivity (Wildman–Crippen MR) is 88.7 cm³/mol. The maximum atomic E-state index is 12.4. The summed E-state index contributed by atoms with van der Waals surface area (Å²) in [5, 5.41) is 21.3. The van der Waals surface area contributed by atoms with E-state index in [0.717, 1.165) is 5.56 Å². The molecule has 12 heteroatoms. The lowest BCUT2D eigenvalue weighted by molar-refractivity contribution is -0.154. The Bertz CT molecular complexity index is 870. The number of ether oxygens (including phenoxy) is 1. The molecule has 0 aliphatic rings. The third-order valence-electron chi connectivity index (χ3n) is 3.11. The second-order valence-electron chi connectivity index (χ2n) is 5.28. The van der Waals surface area contributed by atoms with Crippen molar-refractivity contribution in [2.45, 2.75) is 12.7 Å². The molecule has 3 rings (SSSR count). The van der Waals surface area contributed by atoms with Gasteiger partial charge < -0.3 is 20.5 Å². The maximum absolute atomic E-state index is 12.4. The Morgan fingerprint density at radius 2 is 1.78 bits per heavy atom. The average Bonchev–Trinajstić information content (AvgIpc) is 3.12. The third-order valence-corrected chi connectivity index (χ3v) is 3.11. The van der Waals surface area contributed by atoms with E-state index in [9.17, 15) is 18.3 Å². The van der Waals surface area contributed by atoms with Gasteiger partial charge in [0.25, 0.3) is 0 Å². The van der Waals surface area contributed by atoms with Crippen LogP contribution in [0.25, 0.3) is 0 Å². The summed E-state index contributed by atoms with van der Waals surface area (Å²) in [6.45, 7) is -1.26. The third kappa shape index (κ3) is 5.73. The molecule has 0 aliphatic carbocycles. The first-order valence-electron chi connectivity index (χ1n) is 7.61. The summed E-state index contributed by atoms with van der Waals surface area (Å²) >= 11 is 0. The van der Waals surface area contributed by atoms with Crippen LogP contribution in [0.1, 0.15) is 5.56 Å². The van der Waals surface area contributed by atoms with Crippen molar-refractivity contribution < 1.29 is 23.0 Å². The monoisotopic (exact) mass is 381 g/mol. The van der Waals surface area contributed by atoms with E-state index in [1.807, 2.05) is 0 Å². The van der Waals surface area contributed by atoms with Crippen molar-refractivity contribution in [3.05, 3.63) is 42.1 Å². The number of anilines is 3. The van der Waals surface area contributed by atoms with E-state index in [2.05, 4.69) is 40.5 Å². The van der Waals surface area contributed by atoms with Crippen LogP contribution in [0.15, 0.2) is 36.5 Å². The van der Waals surface area contributed by atoms with Crippen molar-refractivity contribution in [1.29, 1.82) is 0 Å². The smallest absolute Gasteiger partial charge is 0.422 e. The summed E-state index contributed by atoms with van der Waals surface area (Å²) in [7, 11) is 0. The largest absolute Gasteiger partial charge is 0.508 e. The Labute approximate surface area is 150 Å². The summed E-state index contributed by atoms with van der Waals surface area (Å²) < 4.78 is 41.8. The number of nitrogens with zero attached hydrogens (tertiary/aromatic N) is 4. The molecule has 27 heavy (non-hydrogen) atoms. The minimum atomic E-state index is -4.52. The molecule has 142 valence electrons. The van der Waals surface area contributed by atoms with Crippen molar-refractivity contribution >= 4 is 17.7 Å². The Kier molecular flexibility index (Phi) is 5.24. The first kappa shape index (κ1) is 18.2. The van der Waals surface area contributed by atoms with Crippen LogP contribution in [-0.2, 0) is 6.54 Å². The zero-order chi connectivity index (χ0) is 19.3. The number of hydrogen-bond donors (Lipinski definition) is 4. The van der Waals surface area contributed by atoms with Crippen LogP contribution in [0.2, 0.25) is 0 Å². The first-order valence-corrected chi connectivity index (χ1v) is 7.61. The van der Waals surface area contributed by atoms with Crippen molar-refractivity contribution in [2.75, 3.05) is 17.2 Å². The Hall–Kier alpha value is -3.57. The molecule has 0 spiro atoms. The highest BCUT2D eigenvalue weighted by atomic mass is 19.4. The fraction of sp³-hybridized carbons (Fsp3) is 0.200. The van der Waals surface area contributed by atoms with Crippen LogP contribution in [-0.4, -0.2) is 43.0 Å². The lowest BCUT2D eigenvalue weighted by Crippen LogP contribution is -2.21. The molecule has 2 aromatic heterocycles. The summed E-state index contributed by atoms with van der Waals surface area (Å²) in [6.07, 6.45) is -3.04. The van der Waals surface area contributed by atoms with E-state index < -0.39 is 18.8 Å². The second kappa shape index (κ2) is 7.76. The molecule has 0 unspecified atom stereocenters. The van der Waals surface area contributed by atoms with Gasteiger partial charge in [-0.15, -0.1) is 0 Å². The Morgan fingerprint density at radius 1 is 1.04 bits per heavy atom. The fourth-order valence-corrected chi connectivity index (χ4v) is 1.94. The molecule has 0 fully saturated rings. The lowest BCUT2D eigenvalue weighted by Gasteiger charge is -2.11. The highest BCUT2D eigenvalue weighted by molar-refractivity contribution is 5.48. The van der Waals surface area contributed by atoms with Gasteiger partial charge in [-0.1, -0.05) is 12.1 Å². The number of hydrogen-bond acceptors (Lipinski definition) is 8. The van der Waals surface area contributed by atoms with Gasteiger partial charge in [0.05, 0.1) is 6.20 Å². The number of benzene rings is 1. The highest BCUT2D eigenvalue weighted by Crippen LogP contribution is 2.19. The number of alkyl halides is 3. The van der Waals surface area contributed by atoms with Crippen LogP contribution in [0, 0.1) is 0 Å². The van der Waals surface area contributed by atoms with Gasteiger partial charge >= 0.3 is 12.2 Å². The van der Waals surface area contributed by atoms with E-state index in [1.54, 1.807) is 18.2 Å². The van der Waals surface area contributed by atoms with Crippen LogP contribution in [0.5, 0.6) is 11.8 Å². The summed E-state index contributed by atoms with van der Waals surface area (Å²) in [5.74, 6) is 0.539. The number of H-pyrrole nitrogens is 1. The number of nitrogens with one attached hydrogen (secondary N) is 3. The van der Waals surface area contributed by atoms with Gasteiger partial charge in [0, 0.05) is 12.6 Å². The molecule has 0 atom stereocenters. The van der Waals surface area contributed by atoms with E-state index >= 15 is 0 Å². The fourth-order valence-electron chi connectivity index (χ4n) is 1.94. The van der Waals surface area contributed by atoms with Crippen LogP contribution in [0.3, 0.4) is 0 Å². The topological polar surface area (TPSA) is 121 Å². The normalized spacial score (nSPS) is 11.2. The van der Waals surface area contributed by atoms with E-state index in [0.29, 0.717) is 5.82 Å².